The van der Waals surface area contributed by atoms with Crippen LogP contribution in [-0.2, 0) is 11.2 Å². The van der Waals surface area contributed by atoms with Gasteiger partial charge in [0.05, 0.1) is 12.1 Å². The Morgan fingerprint density at radius 2 is 2.00 bits per heavy atom. The maximum atomic E-state index is 11.6. The van der Waals surface area contributed by atoms with Crippen molar-refractivity contribution < 1.29 is 4.79 Å². The van der Waals surface area contributed by atoms with E-state index in [1.165, 1.54) is 6.33 Å². The van der Waals surface area contributed by atoms with Crippen molar-refractivity contribution in [3.63, 3.8) is 0 Å². The molecule has 8 heteroatoms. The minimum Gasteiger partial charge on any atom is -0.355 e. The molecule has 20 heavy (non-hydrogen) atoms. The van der Waals surface area contributed by atoms with Crippen LogP contribution in [0.25, 0.3) is 5.69 Å². The number of nitrogens with one attached hydrogen (secondary N) is 2. The first-order valence-electron chi connectivity index (χ1n) is 6.03. The van der Waals surface area contributed by atoms with Crippen LogP contribution in [0.5, 0.6) is 0 Å². The standard InChI is InChI=1S/C12H16N6O.ClH/c1-13-6-7-14-12(19)8-10-2-4-11(5-3-10)18-9-15-16-17-18;/h2-5,9,13H,6-8H2,1H3,(H,14,19);1H. The van der Waals surface area contributed by atoms with Gasteiger partial charge in [0.1, 0.15) is 6.33 Å². The number of hydrogen-bond acceptors (Lipinski definition) is 5. The number of halogens is 1. The second-order valence-electron chi connectivity index (χ2n) is 4.05. The largest absolute Gasteiger partial charge is 0.355 e. The van der Waals surface area contributed by atoms with Gasteiger partial charge in [0.15, 0.2) is 0 Å². The van der Waals surface area contributed by atoms with Gasteiger partial charge in [-0.3, -0.25) is 4.79 Å². The lowest BCUT2D eigenvalue weighted by atomic mass is 10.1. The van der Waals surface area contributed by atoms with Crippen LogP contribution in [-0.4, -0.2) is 46.3 Å². The van der Waals surface area contributed by atoms with Crippen LogP contribution in [0, 0.1) is 0 Å². The molecule has 0 fully saturated rings. The van der Waals surface area contributed by atoms with Crippen LogP contribution in [0.1, 0.15) is 5.56 Å². The highest BCUT2D eigenvalue weighted by molar-refractivity contribution is 5.85. The lowest BCUT2D eigenvalue weighted by molar-refractivity contribution is -0.120. The summed E-state index contributed by atoms with van der Waals surface area (Å²) in [4.78, 5) is 11.6. The summed E-state index contributed by atoms with van der Waals surface area (Å²) < 4.78 is 1.57. The number of carbonyl (C=O) groups is 1. The molecular weight excluding hydrogens is 280 g/mol. The fourth-order valence-corrected chi connectivity index (χ4v) is 1.62. The molecule has 1 heterocycles. The summed E-state index contributed by atoms with van der Waals surface area (Å²) in [6.07, 6.45) is 1.90. The molecule has 0 saturated heterocycles. The van der Waals surface area contributed by atoms with E-state index in [1.807, 2.05) is 31.3 Å². The van der Waals surface area contributed by atoms with E-state index in [0.29, 0.717) is 13.0 Å². The molecule has 0 radical (unpaired) electrons. The topological polar surface area (TPSA) is 84.7 Å². The van der Waals surface area contributed by atoms with Gasteiger partial charge in [0, 0.05) is 13.1 Å². The zero-order valence-corrected chi connectivity index (χ0v) is 11.9. The van der Waals surface area contributed by atoms with Crippen molar-refractivity contribution >= 4 is 18.3 Å². The third kappa shape index (κ3) is 4.60. The van der Waals surface area contributed by atoms with Gasteiger partial charge in [0.25, 0.3) is 0 Å². The second kappa shape index (κ2) is 8.23. The number of nitrogens with zero attached hydrogens (tertiary/aromatic N) is 4. The summed E-state index contributed by atoms with van der Waals surface area (Å²) in [5, 5.41) is 16.8. The summed E-state index contributed by atoms with van der Waals surface area (Å²) in [7, 11) is 1.85. The number of benzene rings is 1. The first-order valence-corrected chi connectivity index (χ1v) is 6.03. The molecule has 0 spiro atoms. The quantitative estimate of drug-likeness (QED) is 0.731. The fourth-order valence-electron chi connectivity index (χ4n) is 1.62. The summed E-state index contributed by atoms with van der Waals surface area (Å²) in [5.41, 5.74) is 1.82. The van der Waals surface area contributed by atoms with E-state index in [1.54, 1.807) is 4.68 Å². The molecule has 1 amide bonds. The van der Waals surface area contributed by atoms with Crippen LogP contribution in [0.3, 0.4) is 0 Å². The Morgan fingerprint density at radius 3 is 2.60 bits per heavy atom. The zero-order chi connectivity index (χ0) is 13.5. The van der Waals surface area contributed by atoms with Crippen molar-refractivity contribution in [2.45, 2.75) is 6.42 Å². The average Bonchev–Trinajstić information content (AvgIpc) is 2.94. The number of rotatable bonds is 6. The Kier molecular flexibility index (Phi) is 6.61. The molecule has 1 aromatic heterocycles. The molecule has 2 rings (SSSR count). The van der Waals surface area contributed by atoms with Crippen LogP contribution >= 0.6 is 12.4 Å². The Hall–Kier alpha value is -1.99. The molecule has 7 nitrogen and oxygen atoms in total. The number of tetrazole rings is 1. The van der Waals surface area contributed by atoms with Gasteiger partial charge in [-0.1, -0.05) is 12.1 Å². The van der Waals surface area contributed by atoms with Gasteiger partial charge in [-0.25, -0.2) is 4.68 Å². The number of likely N-dealkylation sites (N-methyl/N-ethyl adjacent to an activating group) is 1. The van der Waals surface area contributed by atoms with E-state index in [9.17, 15) is 4.79 Å². The van der Waals surface area contributed by atoms with Crippen molar-refractivity contribution in [1.82, 2.24) is 30.8 Å². The van der Waals surface area contributed by atoms with Crippen LogP contribution in [0.2, 0.25) is 0 Å². The average molecular weight is 297 g/mol. The van der Waals surface area contributed by atoms with E-state index < -0.39 is 0 Å². The molecule has 2 aromatic rings. The van der Waals surface area contributed by atoms with Crippen LogP contribution in [0.15, 0.2) is 30.6 Å². The number of amides is 1. The predicted octanol–water partition coefficient (Wildman–Crippen LogP) is -0.0378. The van der Waals surface area contributed by atoms with Crippen LogP contribution < -0.4 is 10.6 Å². The Balaban J connectivity index is 0.00000200. The Labute approximate surface area is 123 Å². The van der Waals surface area contributed by atoms with E-state index in [4.69, 9.17) is 0 Å². The smallest absolute Gasteiger partial charge is 0.224 e. The monoisotopic (exact) mass is 296 g/mol. The van der Waals surface area contributed by atoms with E-state index >= 15 is 0 Å². The summed E-state index contributed by atoms with van der Waals surface area (Å²) >= 11 is 0. The van der Waals surface area contributed by atoms with Gasteiger partial charge < -0.3 is 10.6 Å². The van der Waals surface area contributed by atoms with Gasteiger partial charge in [-0.05, 0) is 35.2 Å². The molecule has 0 aliphatic heterocycles. The molecule has 0 atom stereocenters. The molecule has 108 valence electrons. The van der Waals surface area contributed by atoms with Crippen molar-refractivity contribution in [2.75, 3.05) is 20.1 Å². The number of aromatic nitrogens is 4. The van der Waals surface area contributed by atoms with E-state index in [0.717, 1.165) is 17.8 Å². The van der Waals surface area contributed by atoms with Gasteiger partial charge in [-0.2, -0.15) is 0 Å². The molecule has 1 aromatic carbocycles. The maximum Gasteiger partial charge on any atom is 0.224 e. The second-order valence-corrected chi connectivity index (χ2v) is 4.05. The van der Waals surface area contributed by atoms with Crippen molar-refractivity contribution in [1.29, 1.82) is 0 Å². The summed E-state index contributed by atoms with van der Waals surface area (Å²) in [6, 6.07) is 7.56. The van der Waals surface area contributed by atoms with Gasteiger partial charge in [0.2, 0.25) is 5.91 Å². The highest BCUT2D eigenvalue weighted by atomic mass is 35.5. The lowest BCUT2D eigenvalue weighted by Crippen LogP contribution is -2.31. The molecule has 0 unspecified atom stereocenters. The zero-order valence-electron chi connectivity index (χ0n) is 11.1. The lowest BCUT2D eigenvalue weighted by Gasteiger charge is -2.05. The third-order valence-corrected chi connectivity index (χ3v) is 2.61. The molecular formula is C12H17ClN6O. The van der Waals surface area contributed by atoms with Crippen molar-refractivity contribution in [3.8, 4) is 5.69 Å². The number of hydrogen-bond donors (Lipinski definition) is 2. The fraction of sp³-hybridized carbons (Fsp3) is 0.333. The van der Waals surface area contributed by atoms with E-state index in [2.05, 4.69) is 26.2 Å². The third-order valence-electron chi connectivity index (χ3n) is 2.61. The SMILES string of the molecule is CNCCNC(=O)Cc1ccc(-n2cnnn2)cc1.Cl. The predicted molar refractivity (Wildman–Crippen MR) is 77.0 cm³/mol. The molecule has 0 aliphatic carbocycles. The van der Waals surface area contributed by atoms with Gasteiger partial charge in [-0.15, -0.1) is 17.5 Å². The maximum absolute atomic E-state index is 11.6. The number of carbonyl (C=O) groups excluding carboxylic acids is 1. The first kappa shape index (κ1) is 16.1. The minimum atomic E-state index is 0. The highest BCUT2D eigenvalue weighted by Gasteiger charge is 2.03. The Bertz CT molecular complexity index is 513. The van der Waals surface area contributed by atoms with Crippen molar-refractivity contribution in [2.24, 2.45) is 0 Å². The normalized spacial score (nSPS) is 9.85. The summed E-state index contributed by atoms with van der Waals surface area (Å²) in [6.45, 7) is 1.40. The van der Waals surface area contributed by atoms with Crippen molar-refractivity contribution in [3.05, 3.63) is 36.2 Å². The molecule has 0 saturated carbocycles. The molecule has 0 aliphatic rings. The van der Waals surface area contributed by atoms with Gasteiger partial charge >= 0.3 is 0 Å². The van der Waals surface area contributed by atoms with Crippen LogP contribution in [0.4, 0.5) is 0 Å². The summed E-state index contributed by atoms with van der Waals surface area (Å²) in [5.74, 6) is 0.0189. The minimum absolute atomic E-state index is 0. The molecule has 2 N–H and O–H groups in total. The first-order chi connectivity index (χ1) is 9.29. The highest BCUT2D eigenvalue weighted by Crippen LogP contribution is 2.08. The van der Waals surface area contributed by atoms with E-state index in [-0.39, 0.29) is 18.3 Å². The Morgan fingerprint density at radius 1 is 1.25 bits per heavy atom. The molecule has 0 bridgehead atoms.